The minimum Gasteiger partial charge on any atom is -0.484 e. The number of hydrogen-bond acceptors (Lipinski definition) is 6. The third-order valence-electron chi connectivity index (χ3n) is 4.81. The van der Waals surface area contributed by atoms with Gasteiger partial charge in [-0.2, -0.15) is 5.10 Å². The van der Waals surface area contributed by atoms with Gasteiger partial charge in [0.1, 0.15) is 11.5 Å². The Morgan fingerprint density at radius 3 is 2.55 bits per heavy atom. The summed E-state index contributed by atoms with van der Waals surface area (Å²) in [7, 11) is 0. The molecule has 0 bridgehead atoms. The Bertz CT molecular complexity index is 887. The van der Waals surface area contributed by atoms with Gasteiger partial charge in [0.25, 0.3) is 5.91 Å². The molecule has 0 saturated heterocycles. The van der Waals surface area contributed by atoms with Crippen molar-refractivity contribution in [1.82, 2.24) is 16.1 Å². The Morgan fingerprint density at radius 2 is 1.84 bits per heavy atom. The van der Waals surface area contributed by atoms with Crippen molar-refractivity contribution >= 4 is 23.9 Å². The summed E-state index contributed by atoms with van der Waals surface area (Å²) in [6.07, 6.45) is 8.49. The lowest BCUT2D eigenvalue weighted by molar-refractivity contribution is -0.139. The first-order chi connectivity index (χ1) is 15.1. The summed E-state index contributed by atoms with van der Waals surface area (Å²) in [6, 6.07) is 10.5. The molecule has 1 saturated carbocycles. The lowest BCUT2D eigenvalue weighted by Gasteiger charge is -2.22. The van der Waals surface area contributed by atoms with E-state index in [2.05, 4.69) is 21.2 Å². The summed E-state index contributed by atoms with van der Waals surface area (Å²) < 4.78 is 10.6. The minimum absolute atomic E-state index is 0.0346. The highest BCUT2D eigenvalue weighted by atomic mass is 16.5. The molecule has 0 aliphatic heterocycles. The molecule has 1 heterocycles. The molecular formula is C22H26N4O5. The Hall–Kier alpha value is -3.62. The second kappa shape index (κ2) is 11.5. The summed E-state index contributed by atoms with van der Waals surface area (Å²) in [5, 5.41) is 9.19. The Labute approximate surface area is 180 Å². The predicted octanol–water partition coefficient (Wildman–Crippen LogP) is 1.87. The number of benzene rings is 1. The molecule has 9 heteroatoms. The molecule has 3 N–H and O–H groups in total. The first kappa shape index (κ1) is 22.1. The van der Waals surface area contributed by atoms with Crippen LogP contribution in [0.4, 0.5) is 0 Å². The Balaban J connectivity index is 1.36. The van der Waals surface area contributed by atoms with Gasteiger partial charge in [-0.25, -0.2) is 5.43 Å². The molecule has 0 atom stereocenters. The number of hydrazone groups is 1. The predicted molar refractivity (Wildman–Crippen MR) is 113 cm³/mol. The van der Waals surface area contributed by atoms with E-state index in [1.807, 2.05) is 0 Å². The van der Waals surface area contributed by atoms with Gasteiger partial charge >= 0.3 is 11.8 Å². The molecule has 164 valence electrons. The maximum Gasteiger partial charge on any atom is 0.329 e. The molecular weight excluding hydrogens is 400 g/mol. The lowest BCUT2D eigenvalue weighted by Crippen LogP contribution is -2.38. The SMILES string of the molecule is O=C(COc1ccc(/C=N\NC(=O)C(=O)NCc2ccco2)cc1)NC1CCCCC1. The van der Waals surface area contributed by atoms with Crippen LogP contribution < -0.4 is 20.8 Å². The molecule has 1 aliphatic carbocycles. The summed E-state index contributed by atoms with van der Waals surface area (Å²) in [5.41, 5.74) is 2.85. The molecule has 31 heavy (non-hydrogen) atoms. The fraction of sp³-hybridized carbons (Fsp3) is 0.364. The first-order valence-corrected chi connectivity index (χ1v) is 10.3. The van der Waals surface area contributed by atoms with Crippen LogP contribution in [0, 0.1) is 0 Å². The normalized spacial score (nSPS) is 14.2. The number of carbonyl (C=O) groups excluding carboxylic acids is 3. The van der Waals surface area contributed by atoms with Crippen LogP contribution in [-0.2, 0) is 20.9 Å². The highest BCUT2D eigenvalue weighted by Gasteiger charge is 2.16. The van der Waals surface area contributed by atoms with Gasteiger partial charge in [0.05, 0.1) is 19.0 Å². The van der Waals surface area contributed by atoms with Crippen LogP contribution in [0.25, 0.3) is 0 Å². The van der Waals surface area contributed by atoms with Gasteiger partial charge in [0.2, 0.25) is 0 Å². The first-order valence-electron chi connectivity index (χ1n) is 10.3. The van der Waals surface area contributed by atoms with E-state index < -0.39 is 11.8 Å². The second-order valence-corrected chi connectivity index (χ2v) is 7.22. The molecule has 1 fully saturated rings. The van der Waals surface area contributed by atoms with Crippen molar-refractivity contribution in [1.29, 1.82) is 0 Å². The summed E-state index contributed by atoms with van der Waals surface area (Å²) in [5.74, 6) is -0.725. The van der Waals surface area contributed by atoms with Gasteiger partial charge in [-0.05, 0) is 54.8 Å². The van der Waals surface area contributed by atoms with Gasteiger partial charge in [-0.1, -0.05) is 19.3 Å². The van der Waals surface area contributed by atoms with Gasteiger partial charge in [-0.15, -0.1) is 0 Å². The summed E-state index contributed by atoms with van der Waals surface area (Å²) in [6.45, 7) is 0.0796. The van der Waals surface area contributed by atoms with Crippen LogP contribution in [-0.4, -0.2) is 36.6 Å². The van der Waals surface area contributed by atoms with E-state index >= 15 is 0 Å². The third-order valence-corrected chi connectivity index (χ3v) is 4.81. The number of amides is 3. The van der Waals surface area contributed by atoms with E-state index in [1.54, 1.807) is 36.4 Å². The summed E-state index contributed by atoms with van der Waals surface area (Å²) >= 11 is 0. The largest absolute Gasteiger partial charge is 0.484 e. The van der Waals surface area contributed by atoms with Crippen LogP contribution >= 0.6 is 0 Å². The molecule has 0 unspecified atom stereocenters. The average Bonchev–Trinajstić information content (AvgIpc) is 3.31. The molecule has 1 aromatic heterocycles. The smallest absolute Gasteiger partial charge is 0.329 e. The fourth-order valence-corrected chi connectivity index (χ4v) is 3.19. The molecule has 0 radical (unpaired) electrons. The fourth-order valence-electron chi connectivity index (χ4n) is 3.19. The van der Waals surface area contributed by atoms with Crippen LogP contribution in [0.2, 0.25) is 0 Å². The molecule has 1 aromatic carbocycles. The van der Waals surface area contributed by atoms with Crippen molar-refractivity contribution in [2.75, 3.05) is 6.61 Å². The highest BCUT2D eigenvalue weighted by Crippen LogP contribution is 2.17. The van der Waals surface area contributed by atoms with Crippen molar-refractivity contribution in [2.24, 2.45) is 5.10 Å². The van der Waals surface area contributed by atoms with Gasteiger partial charge in [0, 0.05) is 6.04 Å². The highest BCUT2D eigenvalue weighted by molar-refractivity contribution is 6.35. The number of nitrogens with zero attached hydrogens (tertiary/aromatic N) is 1. The van der Waals surface area contributed by atoms with Gasteiger partial charge in [0.15, 0.2) is 6.61 Å². The lowest BCUT2D eigenvalue weighted by atomic mass is 9.95. The monoisotopic (exact) mass is 426 g/mol. The molecule has 0 spiro atoms. The zero-order valence-electron chi connectivity index (χ0n) is 17.1. The van der Waals surface area contributed by atoms with Crippen molar-refractivity contribution in [3.63, 3.8) is 0 Å². The van der Waals surface area contributed by atoms with Crippen molar-refractivity contribution in [2.45, 2.75) is 44.7 Å². The number of ether oxygens (including phenoxy) is 1. The molecule has 3 amide bonds. The second-order valence-electron chi connectivity index (χ2n) is 7.22. The summed E-state index contributed by atoms with van der Waals surface area (Å²) in [4.78, 5) is 35.4. The Kier molecular flexibility index (Phi) is 8.21. The number of hydrogen-bond donors (Lipinski definition) is 3. The van der Waals surface area contributed by atoms with E-state index in [0.29, 0.717) is 17.1 Å². The van der Waals surface area contributed by atoms with E-state index in [4.69, 9.17) is 9.15 Å². The van der Waals surface area contributed by atoms with Crippen molar-refractivity contribution in [3.05, 3.63) is 54.0 Å². The number of furan rings is 1. The topological polar surface area (TPSA) is 122 Å². The van der Waals surface area contributed by atoms with Crippen LogP contribution in [0.3, 0.4) is 0 Å². The number of nitrogens with one attached hydrogen (secondary N) is 3. The van der Waals surface area contributed by atoms with E-state index in [-0.39, 0.29) is 25.1 Å². The van der Waals surface area contributed by atoms with Crippen molar-refractivity contribution < 1.29 is 23.5 Å². The maximum absolute atomic E-state index is 12.0. The molecule has 2 aromatic rings. The van der Waals surface area contributed by atoms with E-state index in [9.17, 15) is 14.4 Å². The Morgan fingerprint density at radius 1 is 1.06 bits per heavy atom. The van der Waals surface area contributed by atoms with Crippen LogP contribution in [0.1, 0.15) is 43.4 Å². The zero-order chi connectivity index (χ0) is 21.9. The molecule has 9 nitrogen and oxygen atoms in total. The average molecular weight is 426 g/mol. The van der Waals surface area contributed by atoms with Gasteiger partial charge < -0.3 is 19.8 Å². The maximum atomic E-state index is 12.0. The standard InChI is InChI=1S/C22H26N4O5/c27-20(25-17-5-2-1-3-6-17)15-31-18-10-8-16(9-11-18)13-24-26-22(29)21(28)23-14-19-7-4-12-30-19/h4,7-13,17H,1-3,5-6,14-15H2,(H,23,28)(H,25,27)(H,26,29)/b24-13-. The number of carbonyl (C=O) groups is 3. The van der Waals surface area contributed by atoms with E-state index in [0.717, 1.165) is 25.7 Å². The van der Waals surface area contributed by atoms with Crippen LogP contribution in [0.15, 0.2) is 52.2 Å². The molecule has 1 aliphatic rings. The molecule has 3 rings (SSSR count). The number of rotatable bonds is 8. The zero-order valence-corrected chi connectivity index (χ0v) is 17.1. The third kappa shape index (κ3) is 7.61. The quantitative estimate of drug-likeness (QED) is 0.338. The minimum atomic E-state index is -0.883. The van der Waals surface area contributed by atoms with Crippen molar-refractivity contribution in [3.8, 4) is 5.75 Å². The van der Waals surface area contributed by atoms with E-state index in [1.165, 1.54) is 18.9 Å². The van der Waals surface area contributed by atoms with Gasteiger partial charge in [-0.3, -0.25) is 14.4 Å². The van der Waals surface area contributed by atoms with Crippen LogP contribution in [0.5, 0.6) is 5.75 Å².